The van der Waals surface area contributed by atoms with Crippen LogP contribution in [0.3, 0.4) is 0 Å². The van der Waals surface area contributed by atoms with Crippen molar-refractivity contribution in [1.29, 1.82) is 0 Å². The number of allylic oxidation sites excluding steroid dienone is 1. The molecule has 0 radical (unpaired) electrons. The summed E-state index contributed by atoms with van der Waals surface area (Å²) in [4.78, 5) is 16.2. The number of aliphatic imine (C=N–C) groups is 1. The largest absolute Gasteiger partial charge is 0.478 e. The van der Waals surface area contributed by atoms with Crippen LogP contribution in [0.1, 0.15) is 44.7 Å². The molecule has 1 aromatic carbocycles. The fraction of sp³-hybridized carbons (Fsp3) is 0.412. The summed E-state index contributed by atoms with van der Waals surface area (Å²) in [6.07, 6.45) is 3.54. The number of nitrogens with zero attached hydrogens (tertiary/aromatic N) is 1. The standard InChI is InChI=1S/C17H22N2O2S/c1-3-4-8-11-22-17-18-12(2)14(16(20)21)15(19-17)13-9-6-5-7-10-13/h5-7,9-10,15H,3-4,8,11H2,1-2H3,(H,18,19)(H,20,21). The van der Waals surface area contributed by atoms with Crippen LogP contribution < -0.4 is 5.32 Å². The van der Waals surface area contributed by atoms with Crippen LogP contribution >= 0.6 is 11.8 Å². The van der Waals surface area contributed by atoms with Gasteiger partial charge >= 0.3 is 5.97 Å². The molecule has 0 spiro atoms. The second kappa shape index (κ2) is 8.03. The third-order valence-electron chi connectivity index (χ3n) is 3.55. The van der Waals surface area contributed by atoms with Crippen LogP contribution in [0.15, 0.2) is 46.6 Å². The zero-order chi connectivity index (χ0) is 15.9. The van der Waals surface area contributed by atoms with Crippen molar-refractivity contribution >= 4 is 22.9 Å². The summed E-state index contributed by atoms with van der Waals surface area (Å²) in [5, 5.41) is 13.4. The molecule has 22 heavy (non-hydrogen) atoms. The topological polar surface area (TPSA) is 61.7 Å². The van der Waals surface area contributed by atoms with Crippen molar-refractivity contribution in [2.45, 2.75) is 39.2 Å². The SMILES string of the molecule is CCCCCSC1=NC(c2ccccc2)C(C(=O)O)=C(C)N1. The second-order valence-electron chi connectivity index (χ2n) is 5.27. The molecule has 0 aromatic heterocycles. The number of nitrogens with one attached hydrogen (secondary N) is 1. The average Bonchev–Trinajstić information content (AvgIpc) is 2.51. The normalized spacial score (nSPS) is 17.9. The summed E-state index contributed by atoms with van der Waals surface area (Å²) in [6, 6.07) is 9.16. The van der Waals surface area contributed by atoms with Crippen molar-refractivity contribution in [3.05, 3.63) is 47.2 Å². The van der Waals surface area contributed by atoms with Gasteiger partial charge in [0.2, 0.25) is 0 Å². The number of rotatable bonds is 6. The number of benzene rings is 1. The van der Waals surface area contributed by atoms with Crippen LogP contribution in [0.5, 0.6) is 0 Å². The fourth-order valence-corrected chi connectivity index (χ4v) is 3.34. The van der Waals surface area contributed by atoms with Gasteiger partial charge in [0, 0.05) is 11.4 Å². The second-order valence-corrected chi connectivity index (χ2v) is 6.36. The lowest BCUT2D eigenvalue weighted by atomic mass is 9.97. The molecule has 5 heteroatoms. The highest BCUT2D eigenvalue weighted by Gasteiger charge is 2.28. The van der Waals surface area contributed by atoms with Gasteiger partial charge in [0.15, 0.2) is 5.17 Å². The highest BCUT2D eigenvalue weighted by atomic mass is 32.2. The summed E-state index contributed by atoms with van der Waals surface area (Å²) in [5.74, 6) is 0.0780. The molecule has 1 heterocycles. The number of aliphatic carboxylic acids is 1. The van der Waals surface area contributed by atoms with Gasteiger partial charge in [-0.3, -0.25) is 0 Å². The Morgan fingerprint density at radius 1 is 1.32 bits per heavy atom. The molecule has 0 saturated heterocycles. The highest BCUT2D eigenvalue weighted by molar-refractivity contribution is 8.13. The Hall–Kier alpha value is -1.75. The van der Waals surface area contributed by atoms with E-state index in [2.05, 4.69) is 17.2 Å². The Morgan fingerprint density at radius 2 is 2.05 bits per heavy atom. The van der Waals surface area contributed by atoms with E-state index >= 15 is 0 Å². The Balaban J connectivity index is 2.21. The Morgan fingerprint density at radius 3 is 2.68 bits per heavy atom. The van der Waals surface area contributed by atoms with Gasteiger partial charge < -0.3 is 10.4 Å². The average molecular weight is 318 g/mol. The van der Waals surface area contributed by atoms with Gasteiger partial charge in [0.1, 0.15) is 6.04 Å². The van der Waals surface area contributed by atoms with Gasteiger partial charge in [-0.15, -0.1) is 0 Å². The first-order valence-corrected chi connectivity index (χ1v) is 8.58. The van der Waals surface area contributed by atoms with Crippen LogP contribution in [0.2, 0.25) is 0 Å². The Labute approximate surface area is 135 Å². The molecule has 1 aliphatic rings. The van der Waals surface area contributed by atoms with Crippen molar-refractivity contribution in [2.75, 3.05) is 5.75 Å². The van der Waals surface area contributed by atoms with E-state index in [1.165, 1.54) is 12.8 Å². The van der Waals surface area contributed by atoms with Crippen LogP contribution in [-0.2, 0) is 4.79 Å². The number of unbranched alkanes of at least 4 members (excludes halogenated alkanes) is 2. The van der Waals surface area contributed by atoms with Gasteiger partial charge in [-0.05, 0) is 18.9 Å². The minimum absolute atomic E-state index is 0.323. The van der Waals surface area contributed by atoms with E-state index in [-0.39, 0.29) is 0 Å². The fourth-order valence-electron chi connectivity index (χ4n) is 2.40. The predicted octanol–water partition coefficient (Wildman–Crippen LogP) is 3.97. The Kier molecular flexibility index (Phi) is 6.07. The minimum atomic E-state index is -0.919. The summed E-state index contributed by atoms with van der Waals surface area (Å²) in [7, 11) is 0. The maximum absolute atomic E-state index is 11.6. The first-order valence-electron chi connectivity index (χ1n) is 7.60. The van der Waals surface area contributed by atoms with Crippen LogP contribution in [0.25, 0.3) is 0 Å². The van der Waals surface area contributed by atoms with Gasteiger partial charge in [-0.2, -0.15) is 0 Å². The molecule has 0 aliphatic carbocycles. The molecule has 0 bridgehead atoms. The molecule has 1 aromatic rings. The quantitative estimate of drug-likeness (QED) is 0.779. The number of hydrogen-bond acceptors (Lipinski definition) is 4. The highest BCUT2D eigenvalue weighted by Crippen LogP contribution is 2.32. The van der Waals surface area contributed by atoms with Gasteiger partial charge in [0.05, 0.1) is 5.57 Å². The van der Waals surface area contributed by atoms with Crippen molar-refractivity contribution in [3.8, 4) is 0 Å². The summed E-state index contributed by atoms with van der Waals surface area (Å²) >= 11 is 1.67. The third kappa shape index (κ3) is 4.13. The lowest BCUT2D eigenvalue weighted by Gasteiger charge is -2.24. The van der Waals surface area contributed by atoms with Crippen LogP contribution in [-0.4, -0.2) is 22.0 Å². The molecule has 2 N–H and O–H groups in total. The molecule has 118 valence electrons. The van der Waals surface area contributed by atoms with Crippen molar-refractivity contribution in [3.63, 3.8) is 0 Å². The predicted molar refractivity (Wildman–Crippen MR) is 92.1 cm³/mol. The molecule has 4 nitrogen and oxygen atoms in total. The van der Waals surface area contributed by atoms with Gasteiger partial charge in [-0.1, -0.05) is 61.9 Å². The monoisotopic (exact) mass is 318 g/mol. The van der Waals surface area contributed by atoms with E-state index in [1.54, 1.807) is 18.7 Å². The molecule has 2 rings (SSSR count). The Bertz CT molecular complexity index is 582. The molecule has 1 atom stereocenters. The molecule has 0 fully saturated rings. The summed E-state index contributed by atoms with van der Waals surface area (Å²) < 4.78 is 0. The third-order valence-corrected chi connectivity index (χ3v) is 4.52. The number of carboxylic acid groups (broad SMARTS) is 1. The van der Waals surface area contributed by atoms with Crippen molar-refractivity contribution in [1.82, 2.24) is 5.32 Å². The van der Waals surface area contributed by atoms with Gasteiger partial charge in [-0.25, -0.2) is 9.79 Å². The van der Waals surface area contributed by atoms with Crippen molar-refractivity contribution < 1.29 is 9.90 Å². The molecule has 0 amide bonds. The number of thioether (sulfide) groups is 1. The van der Waals surface area contributed by atoms with Crippen LogP contribution in [0, 0.1) is 0 Å². The maximum atomic E-state index is 11.6. The lowest BCUT2D eigenvalue weighted by molar-refractivity contribution is -0.133. The minimum Gasteiger partial charge on any atom is -0.478 e. The molecular weight excluding hydrogens is 296 g/mol. The van der Waals surface area contributed by atoms with E-state index in [1.807, 2.05) is 30.3 Å². The molecular formula is C17H22N2O2S. The van der Waals surface area contributed by atoms with E-state index in [0.717, 1.165) is 22.9 Å². The van der Waals surface area contributed by atoms with Crippen LogP contribution in [0.4, 0.5) is 0 Å². The molecule has 1 unspecified atom stereocenters. The lowest BCUT2D eigenvalue weighted by Crippen LogP contribution is -2.29. The van der Waals surface area contributed by atoms with E-state index < -0.39 is 12.0 Å². The molecule has 1 aliphatic heterocycles. The number of carbonyl (C=O) groups is 1. The summed E-state index contributed by atoms with van der Waals surface area (Å²) in [6.45, 7) is 3.99. The zero-order valence-corrected chi connectivity index (χ0v) is 13.8. The van der Waals surface area contributed by atoms with Gasteiger partial charge in [0.25, 0.3) is 0 Å². The first-order chi connectivity index (χ1) is 10.6. The number of carboxylic acids is 1. The smallest absolute Gasteiger partial charge is 0.335 e. The van der Waals surface area contributed by atoms with E-state index in [0.29, 0.717) is 11.3 Å². The first kappa shape index (κ1) is 16.6. The van der Waals surface area contributed by atoms with E-state index in [4.69, 9.17) is 0 Å². The number of hydrogen-bond donors (Lipinski definition) is 2. The maximum Gasteiger partial charge on any atom is 0.335 e. The molecule has 0 saturated carbocycles. The number of amidine groups is 1. The van der Waals surface area contributed by atoms with Crippen molar-refractivity contribution in [2.24, 2.45) is 4.99 Å². The summed E-state index contributed by atoms with van der Waals surface area (Å²) in [5.41, 5.74) is 1.91. The van der Waals surface area contributed by atoms with E-state index in [9.17, 15) is 9.90 Å². The zero-order valence-electron chi connectivity index (χ0n) is 13.0.